The molecule has 0 radical (unpaired) electrons. The summed E-state index contributed by atoms with van der Waals surface area (Å²) < 4.78 is 20.5. The fourth-order valence-electron chi connectivity index (χ4n) is 4.13. The van der Waals surface area contributed by atoms with Crippen LogP contribution in [0.15, 0.2) is 57.2 Å². The van der Waals surface area contributed by atoms with Crippen LogP contribution >= 0.6 is 0 Å². The van der Waals surface area contributed by atoms with E-state index >= 15 is 0 Å². The number of oxazole rings is 1. The number of amides is 1. The molecule has 0 bridgehead atoms. The average Bonchev–Trinajstić information content (AvgIpc) is 3.20. The molecule has 1 aromatic heterocycles. The molecule has 3 aromatic rings. The molecule has 0 aliphatic carbocycles. The normalized spacial score (nSPS) is 18.1. The topological polar surface area (TPSA) is 96.0 Å². The van der Waals surface area contributed by atoms with Crippen LogP contribution in [0, 0.1) is 5.82 Å². The van der Waals surface area contributed by atoms with Crippen LogP contribution < -0.4 is 5.76 Å². The number of hydrogen-bond donors (Lipinski definition) is 1. The lowest BCUT2D eigenvalue weighted by Gasteiger charge is -2.26. The van der Waals surface area contributed by atoms with E-state index in [1.165, 1.54) is 39.8 Å². The highest BCUT2D eigenvalue weighted by molar-refractivity contribution is 6.46. The third-order valence-corrected chi connectivity index (χ3v) is 5.77. The van der Waals surface area contributed by atoms with E-state index in [1.807, 2.05) is 19.0 Å². The number of aryl methyl sites for hydroxylation is 1. The van der Waals surface area contributed by atoms with Crippen molar-refractivity contribution in [3.8, 4) is 0 Å². The molecule has 33 heavy (non-hydrogen) atoms. The van der Waals surface area contributed by atoms with Crippen LogP contribution in [0.1, 0.15) is 23.6 Å². The van der Waals surface area contributed by atoms with Crippen LogP contribution in [0.4, 0.5) is 4.39 Å². The molecule has 4 rings (SSSR count). The van der Waals surface area contributed by atoms with Gasteiger partial charge in [-0.3, -0.25) is 14.2 Å². The number of halogens is 1. The maximum atomic E-state index is 14.0. The summed E-state index contributed by atoms with van der Waals surface area (Å²) in [6, 6.07) is 9.25. The van der Waals surface area contributed by atoms with E-state index in [-0.39, 0.29) is 23.3 Å². The molecule has 1 aliphatic heterocycles. The van der Waals surface area contributed by atoms with Crippen molar-refractivity contribution in [2.45, 2.75) is 12.5 Å². The van der Waals surface area contributed by atoms with Gasteiger partial charge in [-0.1, -0.05) is 12.1 Å². The van der Waals surface area contributed by atoms with Gasteiger partial charge >= 0.3 is 5.76 Å². The molecular weight excluding hydrogens is 429 g/mol. The number of fused-ring (bicyclic) bond motifs is 1. The number of rotatable bonds is 6. The summed E-state index contributed by atoms with van der Waals surface area (Å²) >= 11 is 0. The Labute approximate surface area is 189 Å². The zero-order valence-corrected chi connectivity index (χ0v) is 18.5. The quantitative estimate of drug-likeness (QED) is 0.350. The van der Waals surface area contributed by atoms with Crippen molar-refractivity contribution >= 4 is 28.5 Å². The second-order valence-corrected chi connectivity index (χ2v) is 8.31. The van der Waals surface area contributed by atoms with E-state index in [1.54, 1.807) is 19.2 Å². The number of ketones is 1. The van der Waals surface area contributed by atoms with Crippen LogP contribution in [0.2, 0.25) is 0 Å². The number of carbonyl (C=O) groups is 2. The third-order valence-electron chi connectivity index (χ3n) is 5.77. The van der Waals surface area contributed by atoms with Gasteiger partial charge < -0.3 is 19.3 Å². The average molecular weight is 453 g/mol. The second kappa shape index (κ2) is 8.67. The summed E-state index contributed by atoms with van der Waals surface area (Å²) in [6.45, 7) is 0.940. The van der Waals surface area contributed by atoms with Crippen LogP contribution in [0.3, 0.4) is 0 Å². The first-order valence-electron chi connectivity index (χ1n) is 10.5. The minimum Gasteiger partial charge on any atom is -0.507 e. The first-order valence-corrected chi connectivity index (χ1v) is 10.5. The van der Waals surface area contributed by atoms with Gasteiger partial charge in [0.2, 0.25) is 0 Å². The lowest BCUT2D eigenvalue weighted by Crippen LogP contribution is -2.32. The van der Waals surface area contributed by atoms with Crippen molar-refractivity contribution in [2.75, 3.05) is 27.2 Å². The van der Waals surface area contributed by atoms with Crippen LogP contribution in [0.5, 0.6) is 0 Å². The zero-order chi connectivity index (χ0) is 23.9. The van der Waals surface area contributed by atoms with Gasteiger partial charge in [0.1, 0.15) is 11.6 Å². The first-order chi connectivity index (χ1) is 15.7. The van der Waals surface area contributed by atoms with Crippen molar-refractivity contribution in [1.82, 2.24) is 14.4 Å². The molecular formula is C24H24FN3O5. The summed E-state index contributed by atoms with van der Waals surface area (Å²) in [5.74, 6) is -3.09. The molecule has 1 fully saturated rings. The number of likely N-dealkylation sites (tertiary alicyclic amines) is 1. The molecule has 9 heteroatoms. The number of aliphatic hydroxyl groups excluding tert-OH is 1. The van der Waals surface area contributed by atoms with Crippen molar-refractivity contribution in [2.24, 2.45) is 7.05 Å². The Morgan fingerprint density at radius 3 is 2.61 bits per heavy atom. The highest BCUT2D eigenvalue weighted by Gasteiger charge is 2.45. The Kier molecular flexibility index (Phi) is 5.90. The Bertz CT molecular complexity index is 1340. The van der Waals surface area contributed by atoms with Crippen LogP contribution in [-0.4, -0.2) is 58.3 Å². The molecule has 1 aliphatic rings. The molecule has 0 spiro atoms. The molecule has 2 aromatic carbocycles. The summed E-state index contributed by atoms with van der Waals surface area (Å²) in [4.78, 5) is 41.1. The van der Waals surface area contributed by atoms with Gasteiger partial charge in [0.15, 0.2) is 5.58 Å². The van der Waals surface area contributed by atoms with E-state index in [9.17, 15) is 23.9 Å². The number of carbonyl (C=O) groups excluding carboxylic acids is 2. The third kappa shape index (κ3) is 4.07. The van der Waals surface area contributed by atoms with Crippen molar-refractivity contribution in [1.29, 1.82) is 0 Å². The minimum absolute atomic E-state index is 0.131. The molecule has 1 saturated heterocycles. The number of nitrogens with zero attached hydrogens (tertiary/aromatic N) is 3. The number of aromatic nitrogens is 1. The number of hydrogen-bond acceptors (Lipinski definition) is 6. The Morgan fingerprint density at radius 1 is 1.15 bits per heavy atom. The van der Waals surface area contributed by atoms with Gasteiger partial charge in [-0.05, 0) is 63.0 Å². The molecule has 1 N–H and O–H groups in total. The van der Waals surface area contributed by atoms with Gasteiger partial charge in [-0.15, -0.1) is 0 Å². The van der Waals surface area contributed by atoms with E-state index in [0.29, 0.717) is 24.0 Å². The molecule has 1 amide bonds. The molecule has 172 valence electrons. The van der Waals surface area contributed by atoms with Crippen LogP contribution in [-0.2, 0) is 16.6 Å². The largest absolute Gasteiger partial charge is 0.507 e. The van der Waals surface area contributed by atoms with Gasteiger partial charge in [0, 0.05) is 19.2 Å². The van der Waals surface area contributed by atoms with Crippen molar-refractivity contribution < 1.29 is 23.5 Å². The fraction of sp³-hybridized carbons (Fsp3) is 0.292. The van der Waals surface area contributed by atoms with Gasteiger partial charge in [0.05, 0.1) is 17.1 Å². The van der Waals surface area contributed by atoms with E-state index in [0.717, 1.165) is 0 Å². The Balaban J connectivity index is 1.84. The standard InChI is InChI=1S/C24H24FN3O5/c1-26(2)10-5-11-28-20(14-6-4-7-16(25)12-14)19(22(30)23(28)31)21(29)15-8-9-17-18(13-15)33-24(32)27(17)3/h4,6-9,12-13,20,29H,5,10-11H2,1-3H3/b21-19+/t20-/m0/s1. The Hall–Kier alpha value is -3.72. The van der Waals surface area contributed by atoms with E-state index in [4.69, 9.17) is 4.42 Å². The molecule has 8 nitrogen and oxygen atoms in total. The number of Topliss-reactive ketones (excluding diaryl/α,β-unsaturated/α-hetero) is 1. The van der Waals surface area contributed by atoms with Crippen LogP contribution in [0.25, 0.3) is 16.9 Å². The second-order valence-electron chi connectivity index (χ2n) is 8.31. The number of benzene rings is 2. The maximum Gasteiger partial charge on any atom is 0.419 e. The Morgan fingerprint density at radius 2 is 1.91 bits per heavy atom. The van der Waals surface area contributed by atoms with E-state index in [2.05, 4.69) is 0 Å². The fourth-order valence-corrected chi connectivity index (χ4v) is 4.13. The molecule has 0 saturated carbocycles. The highest BCUT2D eigenvalue weighted by Crippen LogP contribution is 2.39. The lowest BCUT2D eigenvalue weighted by molar-refractivity contribution is -0.139. The van der Waals surface area contributed by atoms with Crippen molar-refractivity contribution in [3.63, 3.8) is 0 Å². The first kappa shape index (κ1) is 22.5. The van der Waals surface area contributed by atoms with E-state index < -0.39 is 35.1 Å². The summed E-state index contributed by atoms with van der Waals surface area (Å²) in [5.41, 5.74) is 1.21. The van der Waals surface area contributed by atoms with Gasteiger partial charge in [0.25, 0.3) is 11.7 Å². The number of aliphatic hydroxyl groups is 1. The van der Waals surface area contributed by atoms with Gasteiger partial charge in [-0.25, -0.2) is 9.18 Å². The molecule has 0 unspecified atom stereocenters. The smallest absolute Gasteiger partial charge is 0.419 e. The van der Waals surface area contributed by atoms with Gasteiger partial charge in [-0.2, -0.15) is 0 Å². The monoisotopic (exact) mass is 453 g/mol. The summed E-state index contributed by atoms with van der Waals surface area (Å²) in [5, 5.41) is 11.1. The minimum atomic E-state index is -0.943. The SMILES string of the molecule is CN(C)CCCN1C(=O)C(=O)/C(=C(/O)c2ccc3c(c2)oc(=O)n3C)[C@@H]1c1cccc(F)c1. The zero-order valence-electron chi connectivity index (χ0n) is 18.5. The maximum absolute atomic E-state index is 14.0. The molecule has 1 atom stereocenters. The highest BCUT2D eigenvalue weighted by atomic mass is 19.1. The van der Waals surface area contributed by atoms with Crippen molar-refractivity contribution in [3.05, 3.63) is 75.5 Å². The lowest BCUT2D eigenvalue weighted by atomic mass is 9.95. The predicted molar refractivity (Wildman–Crippen MR) is 120 cm³/mol. The predicted octanol–water partition coefficient (Wildman–Crippen LogP) is 2.64. The summed E-state index contributed by atoms with van der Waals surface area (Å²) in [6.07, 6.45) is 0.590. The summed E-state index contributed by atoms with van der Waals surface area (Å²) in [7, 11) is 5.35. The molecule has 2 heterocycles.